The van der Waals surface area contributed by atoms with Gasteiger partial charge in [0.15, 0.2) is 0 Å². The molecule has 0 bridgehead atoms. The van der Waals surface area contributed by atoms with Gasteiger partial charge in [0.2, 0.25) is 0 Å². The van der Waals surface area contributed by atoms with Gasteiger partial charge in [-0.2, -0.15) is 0 Å². The Morgan fingerprint density at radius 2 is 1.09 bits per heavy atom. The molecule has 0 aliphatic carbocycles. The Labute approximate surface area is 247 Å². The van der Waals surface area contributed by atoms with E-state index in [0.717, 1.165) is 5.56 Å². The lowest BCUT2D eigenvalue weighted by molar-refractivity contribution is 0.0734. The predicted molar refractivity (Wildman–Crippen MR) is 166 cm³/mol. The van der Waals surface area contributed by atoms with Crippen molar-refractivity contribution in [3.05, 3.63) is 169 Å². The van der Waals surface area contributed by atoms with E-state index in [4.69, 9.17) is 4.74 Å². The molecular weight excluding hydrogens is 540 g/mol. The van der Waals surface area contributed by atoms with E-state index < -0.39 is 11.9 Å². The zero-order chi connectivity index (χ0) is 30.1. The summed E-state index contributed by atoms with van der Waals surface area (Å²) in [5.41, 5.74) is 5.05. The number of esters is 1. The van der Waals surface area contributed by atoms with Crippen LogP contribution in [0.1, 0.15) is 49.9 Å². The fourth-order valence-electron chi connectivity index (χ4n) is 5.49. The number of para-hydroxylation sites is 2. The van der Waals surface area contributed by atoms with Crippen LogP contribution in [0, 0.1) is 20.8 Å². The molecule has 0 saturated carbocycles. The van der Waals surface area contributed by atoms with Crippen molar-refractivity contribution in [3.8, 4) is 17.1 Å². The van der Waals surface area contributed by atoms with Crippen LogP contribution < -0.4 is 15.9 Å². The van der Waals surface area contributed by atoms with E-state index in [1.807, 2.05) is 93.6 Å². The Morgan fingerprint density at radius 1 is 0.628 bits per heavy atom. The Bertz CT molecular complexity index is 1930. The summed E-state index contributed by atoms with van der Waals surface area (Å²) in [4.78, 5) is 40.9. The molecule has 0 saturated heterocycles. The van der Waals surface area contributed by atoms with Gasteiger partial charge in [0.25, 0.3) is 11.1 Å². The first-order valence-electron chi connectivity index (χ1n) is 13.9. The Kier molecular flexibility index (Phi) is 7.26. The minimum absolute atomic E-state index is 0.255. The molecule has 2 N–H and O–H groups in total. The van der Waals surface area contributed by atoms with E-state index in [1.54, 1.807) is 36.4 Å². The van der Waals surface area contributed by atoms with Gasteiger partial charge in [0.1, 0.15) is 5.75 Å². The molecule has 8 heteroatoms. The van der Waals surface area contributed by atoms with Crippen LogP contribution in [0.15, 0.2) is 119 Å². The fourth-order valence-corrected chi connectivity index (χ4v) is 5.49. The van der Waals surface area contributed by atoms with Gasteiger partial charge in [0, 0.05) is 17.3 Å². The number of carbonyl (C=O) groups is 1. The van der Waals surface area contributed by atoms with Gasteiger partial charge in [-0.1, -0.05) is 66.7 Å². The molecule has 4 aromatic carbocycles. The summed E-state index contributed by atoms with van der Waals surface area (Å²) < 4.78 is 8.65. The van der Waals surface area contributed by atoms with Crippen molar-refractivity contribution >= 4 is 5.97 Å². The summed E-state index contributed by atoms with van der Waals surface area (Å²) in [6, 6.07) is 32.8. The highest BCUT2D eigenvalue weighted by atomic mass is 16.5. The zero-order valence-electron chi connectivity index (χ0n) is 24.0. The van der Waals surface area contributed by atoms with E-state index in [2.05, 4.69) is 10.2 Å². The number of hydrogen-bond donors (Lipinski definition) is 2. The maximum absolute atomic E-state index is 14.0. The van der Waals surface area contributed by atoms with E-state index in [0.29, 0.717) is 50.8 Å². The average Bonchev–Trinajstić information content (AvgIpc) is 3.49. The molecule has 2 aromatic heterocycles. The molecule has 0 amide bonds. The van der Waals surface area contributed by atoms with Crippen LogP contribution in [0.25, 0.3) is 11.4 Å². The van der Waals surface area contributed by atoms with Gasteiger partial charge in [0.05, 0.1) is 28.1 Å². The number of nitrogens with one attached hydrogen (secondary N) is 2. The van der Waals surface area contributed by atoms with Crippen molar-refractivity contribution < 1.29 is 9.53 Å². The fraction of sp³-hybridized carbons (Fsp3) is 0.114. The molecule has 0 spiro atoms. The average molecular weight is 571 g/mol. The van der Waals surface area contributed by atoms with Gasteiger partial charge in [-0.3, -0.25) is 19.8 Å². The van der Waals surface area contributed by atoms with Crippen molar-refractivity contribution in [2.75, 3.05) is 0 Å². The lowest BCUT2D eigenvalue weighted by atomic mass is 9.85. The standard InChI is InChI=1S/C35H30N4O4/c1-22-12-10-11-17-29(22)35(42)43-28-20-18-25(19-21-28)32(30-23(2)36-38(33(30)40)26-13-6-4-7-14-26)31-24(3)37-39(34(31)41)27-15-8-5-9-16-27/h4-21,32,36-37H,1-3H3. The summed E-state index contributed by atoms with van der Waals surface area (Å²) in [7, 11) is 0. The van der Waals surface area contributed by atoms with E-state index in [-0.39, 0.29) is 11.1 Å². The topological polar surface area (TPSA) is 102 Å². The van der Waals surface area contributed by atoms with Gasteiger partial charge in [-0.15, -0.1) is 0 Å². The second-order valence-corrected chi connectivity index (χ2v) is 10.5. The first-order valence-corrected chi connectivity index (χ1v) is 13.9. The van der Waals surface area contributed by atoms with E-state index in [1.165, 1.54) is 9.36 Å². The maximum Gasteiger partial charge on any atom is 0.343 e. The highest BCUT2D eigenvalue weighted by molar-refractivity contribution is 5.92. The first kappa shape index (κ1) is 27.5. The summed E-state index contributed by atoms with van der Waals surface area (Å²) >= 11 is 0. The molecule has 0 radical (unpaired) electrons. The van der Waals surface area contributed by atoms with Crippen molar-refractivity contribution in [2.24, 2.45) is 0 Å². The molecule has 214 valence electrons. The Hall–Kier alpha value is -5.63. The first-order chi connectivity index (χ1) is 20.8. The second-order valence-electron chi connectivity index (χ2n) is 10.5. The summed E-state index contributed by atoms with van der Waals surface area (Å²) in [6.45, 7) is 5.52. The van der Waals surface area contributed by atoms with E-state index >= 15 is 0 Å². The largest absolute Gasteiger partial charge is 0.423 e. The maximum atomic E-state index is 14.0. The van der Waals surface area contributed by atoms with Crippen LogP contribution in [0.2, 0.25) is 0 Å². The highest BCUT2D eigenvalue weighted by Gasteiger charge is 2.31. The van der Waals surface area contributed by atoms with Crippen molar-refractivity contribution in [2.45, 2.75) is 26.7 Å². The summed E-state index contributed by atoms with van der Waals surface area (Å²) in [5, 5.41) is 6.41. The zero-order valence-corrected chi connectivity index (χ0v) is 24.0. The second kappa shape index (κ2) is 11.3. The number of rotatable bonds is 7. The van der Waals surface area contributed by atoms with Crippen LogP contribution in [-0.2, 0) is 0 Å². The van der Waals surface area contributed by atoms with Gasteiger partial charge in [-0.25, -0.2) is 14.2 Å². The van der Waals surface area contributed by atoms with Crippen molar-refractivity contribution in [3.63, 3.8) is 0 Å². The number of nitrogens with zero attached hydrogens (tertiary/aromatic N) is 2. The normalized spacial score (nSPS) is 11.2. The van der Waals surface area contributed by atoms with Gasteiger partial charge >= 0.3 is 5.97 Å². The molecule has 8 nitrogen and oxygen atoms in total. The smallest absolute Gasteiger partial charge is 0.343 e. The minimum Gasteiger partial charge on any atom is -0.423 e. The third kappa shape index (κ3) is 5.15. The molecule has 0 atom stereocenters. The minimum atomic E-state index is -0.705. The summed E-state index contributed by atoms with van der Waals surface area (Å²) in [6.07, 6.45) is 0. The van der Waals surface area contributed by atoms with Crippen molar-refractivity contribution in [1.82, 2.24) is 19.6 Å². The molecule has 43 heavy (non-hydrogen) atoms. The van der Waals surface area contributed by atoms with Crippen LogP contribution in [0.5, 0.6) is 5.75 Å². The molecule has 2 heterocycles. The Morgan fingerprint density at radius 3 is 1.58 bits per heavy atom. The number of aromatic amines is 2. The number of carbonyl (C=O) groups excluding carboxylic acids is 1. The third-order valence-electron chi connectivity index (χ3n) is 7.63. The quantitative estimate of drug-likeness (QED) is 0.182. The lowest BCUT2D eigenvalue weighted by Crippen LogP contribution is -2.25. The number of ether oxygens (including phenoxy) is 1. The summed E-state index contributed by atoms with van der Waals surface area (Å²) in [5.74, 6) is -0.805. The number of benzene rings is 4. The van der Waals surface area contributed by atoms with Crippen LogP contribution in [0.3, 0.4) is 0 Å². The molecule has 0 fully saturated rings. The number of hydrogen-bond acceptors (Lipinski definition) is 4. The molecule has 0 unspecified atom stereocenters. The third-order valence-corrected chi connectivity index (χ3v) is 7.63. The Balaban J connectivity index is 1.47. The number of H-pyrrole nitrogens is 2. The van der Waals surface area contributed by atoms with Gasteiger partial charge in [-0.05, 0) is 74.4 Å². The number of aromatic nitrogens is 4. The monoisotopic (exact) mass is 570 g/mol. The molecule has 0 aliphatic rings. The number of aryl methyl sites for hydroxylation is 3. The molecule has 6 aromatic rings. The van der Waals surface area contributed by atoms with Crippen molar-refractivity contribution in [1.29, 1.82) is 0 Å². The SMILES string of the molecule is Cc1ccccc1C(=O)Oc1ccc(C(c2c(C)[nH]n(-c3ccccc3)c2=O)c2c(C)[nH]n(-c3ccccc3)c2=O)cc1. The van der Waals surface area contributed by atoms with Crippen LogP contribution in [0.4, 0.5) is 0 Å². The lowest BCUT2D eigenvalue weighted by Gasteiger charge is -2.16. The van der Waals surface area contributed by atoms with Gasteiger partial charge < -0.3 is 4.74 Å². The van der Waals surface area contributed by atoms with Crippen LogP contribution >= 0.6 is 0 Å². The van der Waals surface area contributed by atoms with Crippen LogP contribution in [-0.4, -0.2) is 25.5 Å². The molecule has 0 aliphatic heterocycles. The predicted octanol–water partition coefficient (Wildman–Crippen LogP) is 5.97. The van der Waals surface area contributed by atoms with E-state index in [9.17, 15) is 14.4 Å². The highest BCUT2D eigenvalue weighted by Crippen LogP contribution is 2.33. The molecular formula is C35H30N4O4. The molecule has 6 rings (SSSR count).